The van der Waals surface area contributed by atoms with Crippen LogP contribution in [-0.4, -0.2) is 36.3 Å². The number of rotatable bonds is 5. The second-order valence-corrected chi connectivity index (χ2v) is 5.61. The first-order chi connectivity index (χ1) is 11.0. The third-order valence-electron chi connectivity index (χ3n) is 4.14. The van der Waals surface area contributed by atoms with Gasteiger partial charge in [0.1, 0.15) is 0 Å². The fourth-order valence-electron chi connectivity index (χ4n) is 2.55. The highest BCUT2D eigenvalue weighted by Crippen LogP contribution is 2.29. The van der Waals surface area contributed by atoms with Crippen LogP contribution in [0.4, 0.5) is 10.5 Å². The quantitative estimate of drug-likeness (QED) is 0.721. The smallest absolute Gasteiger partial charge is 0.319 e. The first kappa shape index (κ1) is 17.0. The third kappa shape index (κ3) is 4.10. The fraction of sp³-hybridized carbons (Fsp3) is 0.533. The Balaban J connectivity index is 1.96. The van der Waals surface area contributed by atoms with Gasteiger partial charge in [0.2, 0.25) is 5.91 Å². The van der Waals surface area contributed by atoms with Crippen molar-refractivity contribution in [2.45, 2.75) is 26.3 Å². The van der Waals surface area contributed by atoms with Gasteiger partial charge in [0, 0.05) is 38.6 Å². The lowest BCUT2D eigenvalue weighted by Crippen LogP contribution is -2.50. The Bertz CT molecular complexity index is 635. The molecule has 1 saturated heterocycles. The molecule has 0 bridgehead atoms. The summed E-state index contributed by atoms with van der Waals surface area (Å²) in [5.74, 6) is -0.430. The topological polar surface area (TPSA) is 115 Å². The maximum Gasteiger partial charge on any atom is 0.319 e. The van der Waals surface area contributed by atoms with Gasteiger partial charge in [-0.1, -0.05) is 0 Å². The van der Waals surface area contributed by atoms with Crippen LogP contribution in [0.2, 0.25) is 0 Å². The number of nitrogens with two attached hydrogens (primary N) is 1. The van der Waals surface area contributed by atoms with Crippen molar-refractivity contribution >= 4 is 17.6 Å². The molecule has 0 atom stereocenters. The van der Waals surface area contributed by atoms with Crippen molar-refractivity contribution in [2.24, 2.45) is 11.1 Å². The van der Waals surface area contributed by atoms with Crippen LogP contribution in [0.3, 0.4) is 0 Å². The van der Waals surface area contributed by atoms with Crippen molar-refractivity contribution in [3.63, 3.8) is 0 Å². The highest BCUT2D eigenvalue weighted by Gasteiger charge is 2.38. The molecule has 23 heavy (non-hydrogen) atoms. The number of amides is 3. The molecule has 1 aromatic heterocycles. The van der Waals surface area contributed by atoms with E-state index in [4.69, 9.17) is 10.5 Å². The summed E-state index contributed by atoms with van der Waals surface area (Å²) in [5, 5.41) is 5.33. The molecular formula is C15H22N4O4. The first-order valence-corrected chi connectivity index (χ1v) is 7.60. The lowest BCUT2D eigenvalue weighted by atomic mass is 9.79. The number of aryl methyl sites for hydroxylation is 1. The van der Waals surface area contributed by atoms with Gasteiger partial charge < -0.3 is 25.7 Å². The van der Waals surface area contributed by atoms with Crippen LogP contribution < -0.4 is 21.9 Å². The van der Waals surface area contributed by atoms with Crippen molar-refractivity contribution in [1.29, 1.82) is 0 Å². The standard InChI is InChI=1S/C15H22N4O4/c1-2-19-9-11(3-4-12(19)20)18-14(22)17-10-15(13(16)21)5-7-23-8-6-15/h3-4,9H,2,5-8,10H2,1H3,(H2,16,21)(H2,17,18,22). The Morgan fingerprint density at radius 3 is 2.65 bits per heavy atom. The zero-order valence-corrected chi connectivity index (χ0v) is 13.1. The van der Waals surface area contributed by atoms with Crippen molar-refractivity contribution in [1.82, 2.24) is 9.88 Å². The molecule has 1 aliphatic heterocycles. The second-order valence-electron chi connectivity index (χ2n) is 5.61. The summed E-state index contributed by atoms with van der Waals surface area (Å²) >= 11 is 0. The Kier molecular flexibility index (Phi) is 5.38. The van der Waals surface area contributed by atoms with Gasteiger partial charge in [-0.2, -0.15) is 0 Å². The lowest BCUT2D eigenvalue weighted by Gasteiger charge is -2.34. The van der Waals surface area contributed by atoms with Crippen molar-refractivity contribution in [2.75, 3.05) is 25.1 Å². The number of carbonyl (C=O) groups is 2. The van der Waals surface area contributed by atoms with Crippen molar-refractivity contribution < 1.29 is 14.3 Å². The number of aromatic nitrogens is 1. The predicted octanol–water partition coefficient (Wildman–Crippen LogP) is 0.272. The SMILES string of the molecule is CCn1cc(NC(=O)NCC2(C(N)=O)CCOCC2)ccc1=O. The van der Waals surface area contributed by atoms with Gasteiger partial charge in [-0.3, -0.25) is 9.59 Å². The van der Waals surface area contributed by atoms with E-state index in [0.29, 0.717) is 38.3 Å². The van der Waals surface area contributed by atoms with Gasteiger partial charge in [0.05, 0.1) is 11.1 Å². The summed E-state index contributed by atoms with van der Waals surface area (Å²) in [5.41, 5.74) is 5.10. The third-order valence-corrected chi connectivity index (χ3v) is 4.14. The molecule has 1 aliphatic rings. The Hall–Kier alpha value is -2.35. The molecule has 0 aromatic carbocycles. The lowest BCUT2D eigenvalue weighted by molar-refractivity contribution is -0.132. The summed E-state index contributed by atoms with van der Waals surface area (Å²) in [6.07, 6.45) is 2.55. The number of primary amides is 1. The van der Waals surface area contributed by atoms with E-state index < -0.39 is 17.4 Å². The van der Waals surface area contributed by atoms with E-state index in [9.17, 15) is 14.4 Å². The largest absolute Gasteiger partial charge is 0.381 e. The molecule has 126 valence electrons. The number of nitrogens with zero attached hydrogens (tertiary/aromatic N) is 1. The molecule has 8 nitrogen and oxygen atoms in total. The minimum atomic E-state index is -0.766. The minimum Gasteiger partial charge on any atom is -0.381 e. The van der Waals surface area contributed by atoms with Crippen LogP contribution in [-0.2, 0) is 16.1 Å². The molecule has 2 heterocycles. The van der Waals surface area contributed by atoms with Gasteiger partial charge in [-0.05, 0) is 25.8 Å². The Labute approximate surface area is 134 Å². The van der Waals surface area contributed by atoms with E-state index >= 15 is 0 Å². The Morgan fingerprint density at radius 2 is 2.04 bits per heavy atom. The van der Waals surface area contributed by atoms with Crippen molar-refractivity contribution in [3.8, 4) is 0 Å². The molecule has 0 saturated carbocycles. The summed E-state index contributed by atoms with van der Waals surface area (Å²) in [7, 11) is 0. The van der Waals surface area contributed by atoms with Crippen LogP contribution in [0, 0.1) is 5.41 Å². The van der Waals surface area contributed by atoms with E-state index in [2.05, 4.69) is 10.6 Å². The summed E-state index contributed by atoms with van der Waals surface area (Å²) < 4.78 is 6.73. The molecule has 3 amide bonds. The zero-order chi connectivity index (χ0) is 16.9. The number of nitrogens with one attached hydrogen (secondary N) is 2. The number of anilines is 1. The monoisotopic (exact) mass is 322 g/mol. The normalized spacial score (nSPS) is 16.6. The van der Waals surface area contributed by atoms with Gasteiger partial charge in [0.25, 0.3) is 5.56 Å². The number of carbonyl (C=O) groups excluding carboxylic acids is 2. The maximum absolute atomic E-state index is 12.0. The van der Waals surface area contributed by atoms with Crippen LogP contribution in [0.15, 0.2) is 23.1 Å². The van der Waals surface area contributed by atoms with E-state index in [0.717, 1.165) is 0 Å². The highest BCUT2D eigenvalue weighted by atomic mass is 16.5. The van der Waals surface area contributed by atoms with Crippen LogP contribution >= 0.6 is 0 Å². The van der Waals surface area contributed by atoms with Crippen LogP contribution in [0.5, 0.6) is 0 Å². The molecule has 4 N–H and O–H groups in total. The minimum absolute atomic E-state index is 0.131. The molecule has 1 aromatic rings. The molecule has 0 aliphatic carbocycles. The van der Waals surface area contributed by atoms with Crippen LogP contribution in [0.1, 0.15) is 19.8 Å². The van der Waals surface area contributed by atoms with E-state index in [-0.39, 0.29) is 12.1 Å². The molecule has 2 rings (SSSR count). The number of pyridine rings is 1. The zero-order valence-electron chi connectivity index (χ0n) is 13.1. The fourth-order valence-corrected chi connectivity index (χ4v) is 2.55. The summed E-state index contributed by atoms with van der Waals surface area (Å²) in [6.45, 7) is 3.42. The average molecular weight is 322 g/mol. The molecule has 1 fully saturated rings. The van der Waals surface area contributed by atoms with Gasteiger partial charge in [-0.25, -0.2) is 4.79 Å². The van der Waals surface area contributed by atoms with Crippen LogP contribution in [0.25, 0.3) is 0 Å². The maximum atomic E-state index is 12.0. The molecule has 0 spiro atoms. The van der Waals surface area contributed by atoms with E-state index in [1.807, 2.05) is 6.92 Å². The summed E-state index contributed by atoms with van der Waals surface area (Å²) in [4.78, 5) is 35.2. The first-order valence-electron chi connectivity index (χ1n) is 7.60. The predicted molar refractivity (Wildman–Crippen MR) is 85.1 cm³/mol. The van der Waals surface area contributed by atoms with Gasteiger partial charge in [0.15, 0.2) is 0 Å². The van der Waals surface area contributed by atoms with E-state index in [1.54, 1.807) is 6.20 Å². The van der Waals surface area contributed by atoms with E-state index in [1.165, 1.54) is 16.7 Å². The number of ether oxygens (including phenoxy) is 1. The molecular weight excluding hydrogens is 300 g/mol. The molecule has 0 radical (unpaired) electrons. The molecule has 8 heteroatoms. The van der Waals surface area contributed by atoms with Gasteiger partial charge >= 0.3 is 6.03 Å². The number of urea groups is 1. The van der Waals surface area contributed by atoms with Crippen molar-refractivity contribution in [3.05, 3.63) is 28.7 Å². The van der Waals surface area contributed by atoms with Gasteiger partial charge in [-0.15, -0.1) is 0 Å². The average Bonchev–Trinajstić information content (AvgIpc) is 2.55. The Morgan fingerprint density at radius 1 is 1.35 bits per heavy atom. The highest BCUT2D eigenvalue weighted by molar-refractivity contribution is 5.90. The number of hydrogen-bond acceptors (Lipinski definition) is 4. The second kappa shape index (κ2) is 7.28. The number of hydrogen-bond donors (Lipinski definition) is 3. The molecule has 0 unspecified atom stereocenters. The summed E-state index contributed by atoms with van der Waals surface area (Å²) in [6, 6.07) is 2.48.